The van der Waals surface area contributed by atoms with Gasteiger partial charge in [-0.25, -0.2) is 9.18 Å². The van der Waals surface area contributed by atoms with Crippen molar-refractivity contribution in [3.8, 4) is 5.75 Å². The van der Waals surface area contributed by atoms with Gasteiger partial charge >= 0.3 is 5.97 Å². The molecular formula is C27H30ClFO3. The predicted octanol–water partition coefficient (Wildman–Crippen LogP) is 7.77. The van der Waals surface area contributed by atoms with Crippen LogP contribution < -0.4 is 4.74 Å². The second kappa shape index (κ2) is 12.9. The van der Waals surface area contributed by atoms with Crippen LogP contribution in [-0.4, -0.2) is 19.2 Å². The van der Waals surface area contributed by atoms with E-state index in [0.29, 0.717) is 36.8 Å². The van der Waals surface area contributed by atoms with Gasteiger partial charge in [-0.1, -0.05) is 43.6 Å². The second-order valence-corrected chi connectivity index (χ2v) is 7.39. The first-order chi connectivity index (χ1) is 15.5. The summed E-state index contributed by atoms with van der Waals surface area (Å²) in [6, 6.07) is 15.8. The summed E-state index contributed by atoms with van der Waals surface area (Å²) in [5, 5.41) is 2.32. The molecule has 0 spiro atoms. The predicted molar refractivity (Wildman–Crippen MR) is 131 cm³/mol. The van der Waals surface area contributed by atoms with Crippen molar-refractivity contribution in [3.63, 3.8) is 0 Å². The second-order valence-electron chi connectivity index (χ2n) is 6.95. The highest BCUT2D eigenvalue weighted by molar-refractivity contribution is 6.30. The Balaban J connectivity index is 0.00000176. The molecule has 0 aliphatic heterocycles. The highest BCUT2D eigenvalue weighted by atomic mass is 35.5. The Morgan fingerprint density at radius 2 is 1.88 bits per heavy atom. The third-order valence-electron chi connectivity index (χ3n) is 4.76. The molecule has 0 amide bonds. The summed E-state index contributed by atoms with van der Waals surface area (Å²) in [6.45, 7) is 8.53. The zero-order valence-corrected chi connectivity index (χ0v) is 19.8. The Morgan fingerprint density at radius 1 is 1.09 bits per heavy atom. The monoisotopic (exact) mass is 456 g/mol. The minimum atomic E-state index is -0.362. The molecule has 0 unspecified atom stereocenters. The number of carbonyl (C=O) groups excluding carboxylic acids is 1. The van der Waals surface area contributed by atoms with E-state index in [1.54, 1.807) is 19.1 Å². The number of fused-ring (bicyclic) bond motifs is 1. The summed E-state index contributed by atoms with van der Waals surface area (Å²) in [7, 11) is 0. The summed E-state index contributed by atoms with van der Waals surface area (Å²) in [4.78, 5) is 12.0. The van der Waals surface area contributed by atoms with Crippen molar-refractivity contribution in [1.29, 1.82) is 0 Å². The molecule has 0 saturated heterocycles. The number of halogens is 2. The molecule has 0 radical (unpaired) electrons. The number of hydrogen-bond acceptors (Lipinski definition) is 3. The van der Waals surface area contributed by atoms with Crippen LogP contribution in [0.1, 0.15) is 44.7 Å². The Morgan fingerprint density at radius 3 is 2.59 bits per heavy atom. The average molecular weight is 457 g/mol. The van der Waals surface area contributed by atoms with Crippen LogP contribution in [0.4, 0.5) is 4.39 Å². The first-order valence-corrected chi connectivity index (χ1v) is 11.3. The fraction of sp³-hybridized carbons (Fsp3) is 0.296. The summed E-state index contributed by atoms with van der Waals surface area (Å²) >= 11 is 6.07. The summed E-state index contributed by atoms with van der Waals surface area (Å²) in [6.07, 6.45) is 2.88. The van der Waals surface area contributed by atoms with E-state index in [2.05, 4.69) is 0 Å². The summed E-state index contributed by atoms with van der Waals surface area (Å²) in [5.41, 5.74) is 2.84. The molecule has 170 valence electrons. The van der Waals surface area contributed by atoms with Crippen molar-refractivity contribution in [2.45, 2.75) is 40.5 Å². The molecule has 3 aromatic rings. The van der Waals surface area contributed by atoms with E-state index in [1.807, 2.05) is 57.2 Å². The van der Waals surface area contributed by atoms with Crippen LogP contribution in [0.3, 0.4) is 0 Å². The molecule has 0 N–H and O–H groups in total. The van der Waals surface area contributed by atoms with E-state index >= 15 is 0 Å². The number of rotatable bonds is 8. The molecule has 3 aromatic carbocycles. The maximum atomic E-state index is 13.4. The topological polar surface area (TPSA) is 35.5 Å². The maximum absolute atomic E-state index is 13.4. The molecule has 0 bridgehead atoms. The normalized spacial score (nSPS) is 11.0. The minimum Gasteiger partial charge on any atom is -0.493 e. The highest BCUT2D eigenvalue weighted by Gasteiger charge is 2.10. The minimum absolute atomic E-state index is 0.272. The van der Waals surface area contributed by atoms with E-state index in [9.17, 15) is 9.18 Å². The van der Waals surface area contributed by atoms with Crippen LogP contribution in [0.25, 0.3) is 16.3 Å². The number of benzene rings is 3. The smallest absolute Gasteiger partial charge is 0.331 e. The fourth-order valence-corrected chi connectivity index (χ4v) is 3.62. The van der Waals surface area contributed by atoms with Gasteiger partial charge in [0.05, 0.1) is 13.2 Å². The van der Waals surface area contributed by atoms with Gasteiger partial charge in [-0.15, -0.1) is 0 Å². The molecule has 0 fully saturated rings. The third-order valence-corrected chi connectivity index (χ3v) is 5.00. The van der Waals surface area contributed by atoms with Gasteiger partial charge in [0.25, 0.3) is 0 Å². The van der Waals surface area contributed by atoms with Crippen molar-refractivity contribution in [2.24, 2.45) is 0 Å². The number of hydrogen-bond donors (Lipinski definition) is 0. The molecule has 0 saturated carbocycles. The van der Waals surface area contributed by atoms with Gasteiger partial charge in [0.1, 0.15) is 11.6 Å². The molecule has 0 aliphatic carbocycles. The van der Waals surface area contributed by atoms with Gasteiger partial charge in [-0.3, -0.25) is 0 Å². The van der Waals surface area contributed by atoms with Gasteiger partial charge in [-0.2, -0.15) is 0 Å². The van der Waals surface area contributed by atoms with Crippen LogP contribution in [0.15, 0.2) is 60.7 Å². The Hall–Kier alpha value is -2.85. The number of aryl methyl sites for hydroxylation is 1. The van der Waals surface area contributed by atoms with Gasteiger partial charge in [0.2, 0.25) is 0 Å². The lowest BCUT2D eigenvalue weighted by Crippen LogP contribution is -2.03. The Kier molecular flexibility index (Phi) is 10.2. The van der Waals surface area contributed by atoms with Crippen LogP contribution in [0, 0.1) is 12.7 Å². The SMILES string of the molecule is CC.CCOC(=O)/C=C(\CCCOc1cccc2cc(F)ccc12)c1ccc(Cl)cc1C. The molecule has 3 rings (SSSR count). The largest absolute Gasteiger partial charge is 0.493 e. The van der Waals surface area contributed by atoms with E-state index < -0.39 is 0 Å². The molecule has 0 heterocycles. The van der Waals surface area contributed by atoms with Crippen LogP contribution >= 0.6 is 11.6 Å². The molecule has 0 aromatic heterocycles. The molecule has 0 atom stereocenters. The van der Waals surface area contributed by atoms with Crippen LogP contribution in [0.5, 0.6) is 5.75 Å². The standard InChI is InChI=1S/C25H24ClFO3.C2H6/c1-3-29-25(28)16-19(22-11-9-20(26)14-17(22)2)7-5-13-30-24-8-4-6-18-15-21(27)10-12-23(18)24;1-2/h4,6,8-12,14-16H,3,5,7,13H2,1-2H3;1-2H3/b19-16+;. The molecule has 32 heavy (non-hydrogen) atoms. The van der Waals surface area contributed by atoms with E-state index in [4.69, 9.17) is 21.1 Å². The molecular weight excluding hydrogens is 427 g/mol. The van der Waals surface area contributed by atoms with Crippen molar-refractivity contribution < 1.29 is 18.7 Å². The van der Waals surface area contributed by atoms with Gasteiger partial charge in [0, 0.05) is 16.5 Å². The third kappa shape index (κ3) is 7.10. The Bertz CT molecular complexity index is 1080. The lowest BCUT2D eigenvalue weighted by atomic mass is 9.96. The summed E-state index contributed by atoms with van der Waals surface area (Å²) < 4.78 is 24.5. The first kappa shape index (κ1) is 25.4. The number of carbonyl (C=O) groups is 1. The van der Waals surface area contributed by atoms with Crippen molar-refractivity contribution in [1.82, 2.24) is 0 Å². The zero-order valence-electron chi connectivity index (χ0n) is 19.1. The van der Waals surface area contributed by atoms with Crippen LogP contribution in [-0.2, 0) is 9.53 Å². The number of allylic oxidation sites excluding steroid dienone is 1. The maximum Gasteiger partial charge on any atom is 0.331 e. The van der Waals surface area contributed by atoms with Crippen LogP contribution in [0.2, 0.25) is 5.02 Å². The van der Waals surface area contributed by atoms with Crippen molar-refractivity contribution >= 4 is 33.9 Å². The first-order valence-electron chi connectivity index (χ1n) is 10.9. The van der Waals surface area contributed by atoms with E-state index in [-0.39, 0.29) is 11.8 Å². The number of esters is 1. The number of ether oxygens (including phenoxy) is 2. The Labute approximate surface area is 194 Å². The van der Waals surface area contributed by atoms with Crippen molar-refractivity contribution in [3.05, 3.63) is 82.6 Å². The van der Waals surface area contributed by atoms with Crippen molar-refractivity contribution in [2.75, 3.05) is 13.2 Å². The molecule has 0 aliphatic rings. The van der Waals surface area contributed by atoms with Gasteiger partial charge in [0.15, 0.2) is 0 Å². The zero-order chi connectivity index (χ0) is 23.5. The summed E-state index contributed by atoms with van der Waals surface area (Å²) in [5.74, 6) is 0.0803. The quantitative estimate of drug-likeness (QED) is 0.197. The molecule has 5 heteroatoms. The molecule has 3 nitrogen and oxygen atoms in total. The van der Waals surface area contributed by atoms with E-state index in [0.717, 1.165) is 27.5 Å². The van der Waals surface area contributed by atoms with E-state index in [1.165, 1.54) is 12.1 Å². The van der Waals surface area contributed by atoms with Gasteiger partial charge < -0.3 is 9.47 Å². The highest BCUT2D eigenvalue weighted by Crippen LogP contribution is 2.28. The lowest BCUT2D eigenvalue weighted by Gasteiger charge is -2.13. The average Bonchev–Trinajstić information content (AvgIpc) is 2.77. The van der Waals surface area contributed by atoms with Gasteiger partial charge in [-0.05, 0) is 85.2 Å². The fourth-order valence-electron chi connectivity index (χ4n) is 3.39. The lowest BCUT2D eigenvalue weighted by molar-refractivity contribution is -0.137.